The van der Waals surface area contributed by atoms with Gasteiger partial charge in [-0.2, -0.15) is 0 Å². The lowest BCUT2D eigenvalue weighted by molar-refractivity contribution is -0.137. The highest BCUT2D eigenvalue weighted by Crippen LogP contribution is 2.63. The molecule has 322 valence electrons. The maximum Gasteiger partial charge on any atom is 0.255 e. The monoisotopic (exact) mass is 888 g/mol. The van der Waals surface area contributed by atoms with Crippen molar-refractivity contribution in [1.82, 2.24) is 20.9 Å². The van der Waals surface area contributed by atoms with E-state index in [4.69, 9.17) is 23.2 Å². The highest BCUT2D eigenvalue weighted by Gasteiger charge is 2.72. The van der Waals surface area contributed by atoms with Crippen LogP contribution < -0.4 is 26.6 Å². The summed E-state index contributed by atoms with van der Waals surface area (Å²) in [4.78, 5) is 80.7. The smallest absolute Gasteiger partial charge is 0.255 e. The molecular formula is C48H43Cl2FN6O6. The van der Waals surface area contributed by atoms with Crippen LogP contribution in [0.25, 0.3) is 0 Å². The van der Waals surface area contributed by atoms with Gasteiger partial charge in [-0.1, -0.05) is 78.6 Å². The second kappa shape index (κ2) is 16.9. The van der Waals surface area contributed by atoms with Crippen LogP contribution in [-0.2, 0) is 31.1 Å². The van der Waals surface area contributed by atoms with Gasteiger partial charge in [0.05, 0.1) is 11.1 Å². The molecule has 0 radical (unpaired) electrons. The molecule has 2 saturated heterocycles. The van der Waals surface area contributed by atoms with E-state index in [9.17, 15) is 28.8 Å². The Kier molecular flexibility index (Phi) is 11.3. The van der Waals surface area contributed by atoms with E-state index in [1.54, 1.807) is 54.6 Å². The van der Waals surface area contributed by atoms with E-state index < -0.39 is 46.6 Å². The number of anilines is 2. The SMILES string of the molecule is O=C1CCC(N2Cc3ccc(C#CCCCNC(=O)c4ccc(NC(=O)C5NC6(CCCCC6)C6(C(=O)Nc7cc(Cl)ccc76)C5c5cccc(Cl)c5F)cc4)cc3C2=O)C(=O)N1. The summed E-state index contributed by atoms with van der Waals surface area (Å²) in [6, 6.07) is 20.0. The molecule has 9 rings (SSSR count). The van der Waals surface area contributed by atoms with Crippen molar-refractivity contribution in [2.45, 2.75) is 93.3 Å². The van der Waals surface area contributed by atoms with Gasteiger partial charge in [-0.25, -0.2) is 4.39 Å². The first-order chi connectivity index (χ1) is 30.4. The molecule has 1 saturated carbocycles. The van der Waals surface area contributed by atoms with Crippen molar-refractivity contribution in [2.75, 3.05) is 17.2 Å². The number of hydrogen-bond donors (Lipinski definition) is 5. The first-order valence-electron chi connectivity index (χ1n) is 21.2. The summed E-state index contributed by atoms with van der Waals surface area (Å²) in [6.07, 6.45) is 5.31. The number of piperidine rings is 1. The Morgan fingerprint density at radius 3 is 2.49 bits per heavy atom. The minimum atomic E-state index is -1.36. The number of fused-ring (bicyclic) bond motifs is 4. The molecule has 0 aromatic heterocycles. The largest absolute Gasteiger partial charge is 0.352 e. The molecule has 63 heavy (non-hydrogen) atoms. The van der Waals surface area contributed by atoms with Crippen LogP contribution in [0.1, 0.15) is 107 Å². The number of nitrogens with one attached hydrogen (secondary N) is 5. The first-order valence-corrected chi connectivity index (χ1v) is 21.9. The van der Waals surface area contributed by atoms with E-state index >= 15 is 4.39 Å². The minimum absolute atomic E-state index is 0.112. The van der Waals surface area contributed by atoms with Gasteiger partial charge in [-0.05, 0) is 97.0 Å². The van der Waals surface area contributed by atoms with Gasteiger partial charge in [0.15, 0.2) is 0 Å². The van der Waals surface area contributed by atoms with E-state index in [2.05, 4.69) is 38.4 Å². The van der Waals surface area contributed by atoms with E-state index in [0.29, 0.717) is 83.8 Å². The van der Waals surface area contributed by atoms with Crippen LogP contribution in [0.15, 0.2) is 78.9 Å². The van der Waals surface area contributed by atoms with Gasteiger partial charge in [-0.15, -0.1) is 0 Å². The number of unbranched alkanes of at least 4 members (excludes halogenated alkanes) is 1. The van der Waals surface area contributed by atoms with Crippen LogP contribution in [0.4, 0.5) is 15.8 Å². The van der Waals surface area contributed by atoms with Gasteiger partial charge < -0.3 is 20.9 Å². The lowest BCUT2D eigenvalue weighted by Gasteiger charge is -2.47. The van der Waals surface area contributed by atoms with Crippen molar-refractivity contribution in [3.05, 3.63) is 128 Å². The minimum Gasteiger partial charge on any atom is -0.352 e. The fourth-order valence-electron chi connectivity index (χ4n) is 10.4. The van der Waals surface area contributed by atoms with Crippen molar-refractivity contribution in [3.63, 3.8) is 0 Å². The molecule has 4 aromatic rings. The molecule has 1 aliphatic carbocycles. The Balaban J connectivity index is 0.846. The average Bonchev–Trinajstić information content (AvgIpc) is 3.86. The van der Waals surface area contributed by atoms with E-state index in [0.717, 1.165) is 24.8 Å². The molecule has 3 fully saturated rings. The molecular weight excluding hydrogens is 846 g/mol. The van der Waals surface area contributed by atoms with Crippen molar-refractivity contribution < 1.29 is 33.2 Å². The molecule has 2 spiro atoms. The highest BCUT2D eigenvalue weighted by molar-refractivity contribution is 6.31. The zero-order chi connectivity index (χ0) is 44.0. The van der Waals surface area contributed by atoms with Crippen LogP contribution in [0.5, 0.6) is 0 Å². The van der Waals surface area contributed by atoms with Crippen molar-refractivity contribution in [1.29, 1.82) is 0 Å². The van der Waals surface area contributed by atoms with Crippen molar-refractivity contribution in [2.24, 2.45) is 0 Å². The predicted molar refractivity (Wildman–Crippen MR) is 235 cm³/mol. The molecule has 4 aromatic carbocycles. The summed E-state index contributed by atoms with van der Waals surface area (Å²) in [6.45, 7) is 0.655. The highest BCUT2D eigenvalue weighted by atomic mass is 35.5. The summed E-state index contributed by atoms with van der Waals surface area (Å²) >= 11 is 12.8. The van der Waals surface area contributed by atoms with Crippen LogP contribution in [0, 0.1) is 17.7 Å². The van der Waals surface area contributed by atoms with Gasteiger partial charge in [0.25, 0.3) is 11.8 Å². The van der Waals surface area contributed by atoms with Crippen LogP contribution in [0.2, 0.25) is 10.0 Å². The standard InChI is InChI=1S/C48H43Cl2FN6O6/c49-30-15-18-34-36(25-30)54-46(63)48(34)39(32-9-7-10-35(50)40(32)51)41(56-47(48)21-4-2-5-22-47)44(61)53-31-16-13-28(14-17-31)42(59)52-23-6-1-3-8-27-11-12-29-26-57(45(62)33(29)24-27)37-19-20-38(58)55-43(37)60/h7,9-18,24-25,37,39,41,56H,1-2,4-6,19-23,26H2,(H,52,59)(H,53,61)(H,54,63)(H,55,58,60). The zero-order valence-corrected chi connectivity index (χ0v) is 35.6. The number of hydrogen-bond acceptors (Lipinski definition) is 7. The topological polar surface area (TPSA) is 166 Å². The fraction of sp³-hybridized carbons (Fsp3) is 0.333. The Bertz CT molecular complexity index is 2660. The molecule has 5 N–H and O–H groups in total. The second-order valence-corrected chi connectivity index (χ2v) is 17.7. The second-order valence-electron chi connectivity index (χ2n) is 16.8. The summed E-state index contributed by atoms with van der Waals surface area (Å²) < 4.78 is 16.2. The van der Waals surface area contributed by atoms with Gasteiger partial charge in [-0.3, -0.25) is 39.4 Å². The fourth-order valence-corrected chi connectivity index (χ4v) is 10.8. The van der Waals surface area contributed by atoms with Crippen LogP contribution in [-0.4, -0.2) is 64.5 Å². The number of amides is 6. The third-order valence-electron chi connectivity index (χ3n) is 13.2. The maximum atomic E-state index is 16.2. The molecule has 0 bridgehead atoms. The Morgan fingerprint density at radius 1 is 0.921 bits per heavy atom. The van der Waals surface area contributed by atoms with E-state index in [1.807, 2.05) is 18.2 Å². The Morgan fingerprint density at radius 2 is 1.71 bits per heavy atom. The first kappa shape index (κ1) is 42.2. The number of carbonyl (C=O) groups excluding carboxylic acids is 6. The van der Waals surface area contributed by atoms with Gasteiger partial charge in [0.2, 0.25) is 23.6 Å². The Labute approximate surface area is 373 Å². The normalized spacial score (nSPS) is 23.2. The lowest BCUT2D eigenvalue weighted by atomic mass is 9.55. The average molecular weight is 890 g/mol. The van der Waals surface area contributed by atoms with Gasteiger partial charge >= 0.3 is 0 Å². The van der Waals surface area contributed by atoms with Crippen LogP contribution in [0.3, 0.4) is 0 Å². The molecule has 15 heteroatoms. The number of halogens is 3. The molecule has 4 aliphatic heterocycles. The number of imide groups is 1. The number of carbonyl (C=O) groups is 6. The predicted octanol–water partition coefficient (Wildman–Crippen LogP) is 6.74. The molecule has 6 amide bonds. The number of benzene rings is 4. The summed E-state index contributed by atoms with van der Waals surface area (Å²) in [5.41, 5.74) is 1.86. The number of nitrogens with zero attached hydrogens (tertiary/aromatic N) is 1. The third kappa shape index (κ3) is 7.43. The van der Waals surface area contributed by atoms with E-state index in [-0.39, 0.29) is 40.6 Å². The molecule has 4 heterocycles. The summed E-state index contributed by atoms with van der Waals surface area (Å²) in [5, 5.41) is 15.2. The Hall–Kier alpha value is -6.07. The van der Waals surface area contributed by atoms with Crippen molar-refractivity contribution >= 4 is 70.0 Å². The molecule has 5 aliphatic rings. The molecule has 12 nitrogen and oxygen atoms in total. The summed E-state index contributed by atoms with van der Waals surface area (Å²) in [5.74, 6) is 2.36. The number of rotatable bonds is 8. The maximum absolute atomic E-state index is 16.2. The molecule has 4 unspecified atom stereocenters. The van der Waals surface area contributed by atoms with Crippen molar-refractivity contribution in [3.8, 4) is 11.8 Å². The lowest BCUT2D eigenvalue weighted by Crippen LogP contribution is -2.60. The summed E-state index contributed by atoms with van der Waals surface area (Å²) in [7, 11) is 0. The van der Waals surface area contributed by atoms with Gasteiger partial charge in [0, 0.05) is 70.5 Å². The zero-order valence-electron chi connectivity index (χ0n) is 34.0. The molecule has 4 atom stereocenters. The quantitative estimate of drug-likeness (QED) is 0.0743. The third-order valence-corrected chi connectivity index (χ3v) is 13.8. The van der Waals surface area contributed by atoms with Gasteiger partial charge in [0.1, 0.15) is 17.3 Å². The van der Waals surface area contributed by atoms with E-state index in [1.165, 1.54) is 11.0 Å². The van der Waals surface area contributed by atoms with Crippen LogP contribution >= 0.6 is 23.2 Å².